The number of aliphatic hydroxyl groups is 1. The van der Waals surface area contributed by atoms with Gasteiger partial charge >= 0.3 is 5.97 Å². The number of ether oxygens (including phenoxy) is 1. The number of carboxylic acids is 1. The second kappa shape index (κ2) is 11.7. The van der Waals surface area contributed by atoms with Crippen LogP contribution < -0.4 is 15.8 Å². The van der Waals surface area contributed by atoms with Crippen LogP contribution in [-0.4, -0.2) is 48.2 Å². The monoisotopic (exact) mass is 590 g/mol. The fraction of sp³-hybridized carbons (Fsp3) is 0.259. The van der Waals surface area contributed by atoms with Gasteiger partial charge in [0, 0.05) is 29.8 Å². The number of hydrogen-bond donors (Lipinski definition) is 4. The molecule has 0 spiro atoms. The van der Waals surface area contributed by atoms with Gasteiger partial charge in [-0.25, -0.2) is 32.6 Å². The minimum atomic E-state index is -1.77. The van der Waals surface area contributed by atoms with Gasteiger partial charge in [0.05, 0.1) is 11.4 Å². The number of rotatable bonds is 8. The van der Waals surface area contributed by atoms with Crippen molar-refractivity contribution in [3.63, 3.8) is 0 Å². The summed E-state index contributed by atoms with van der Waals surface area (Å²) in [4.78, 5) is 18.9. The fourth-order valence-electron chi connectivity index (χ4n) is 4.91. The third kappa shape index (κ3) is 5.73. The first-order chi connectivity index (χ1) is 20.0. The summed E-state index contributed by atoms with van der Waals surface area (Å²) in [5.41, 5.74) is 6.49. The summed E-state index contributed by atoms with van der Waals surface area (Å²) >= 11 is 0. The first-order valence-electron chi connectivity index (χ1n) is 12.7. The number of fused-ring (bicyclic) bond motifs is 1. The molecule has 0 amide bonds. The van der Waals surface area contributed by atoms with Gasteiger partial charge in [-0.2, -0.15) is 13.9 Å². The second-order valence-electron chi connectivity index (χ2n) is 9.61. The minimum absolute atomic E-state index is 0.0290. The van der Waals surface area contributed by atoms with Crippen LogP contribution in [0.4, 0.5) is 27.8 Å². The van der Waals surface area contributed by atoms with E-state index in [1.807, 2.05) is 0 Å². The largest absolute Gasteiger partial charge is 0.478 e. The predicted octanol–water partition coefficient (Wildman–Crippen LogP) is 4.60. The highest BCUT2D eigenvalue weighted by Crippen LogP contribution is 2.38. The molecule has 0 aliphatic heterocycles. The molecule has 5 N–H and O–H groups in total. The molecular formula is C27H23F5N6O4. The number of benzene rings is 2. The SMILES string of the molecule is Nc1ncnc2c1c(-c1ccc(Oc3c(F)c(F)cc(F)c3F)cc1F)nn2C1CCC(NC(O)/C=C/C(=O)O)CC1. The van der Waals surface area contributed by atoms with Crippen LogP contribution >= 0.6 is 0 Å². The molecule has 42 heavy (non-hydrogen) atoms. The highest BCUT2D eigenvalue weighted by atomic mass is 19.2. The Morgan fingerprint density at radius 3 is 2.38 bits per heavy atom. The minimum Gasteiger partial charge on any atom is -0.478 e. The molecule has 5 rings (SSSR count). The molecule has 1 saturated carbocycles. The fourth-order valence-corrected chi connectivity index (χ4v) is 4.91. The van der Waals surface area contributed by atoms with E-state index in [2.05, 4.69) is 20.4 Å². The molecule has 1 unspecified atom stereocenters. The van der Waals surface area contributed by atoms with E-state index in [-0.39, 0.29) is 40.6 Å². The Morgan fingerprint density at radius 1 is 1.05 bits per heavy atom. The van der Waals surface area contributed by atoms with Crippen LogP contribution in [0.5, 0.6) is 11.5 Å². The number of hydrogen-bond acceptors (Lipinski definition) is 8. The molecule has 2 heterocycles. The molecule has 0 saturated heterocycles. The molecule has 1 aliphatic carbocycles. The summed E-state index contributed by atoms with van der Waals surface area (Å²) in [6.45, 7) is 0. The van der Waals surface area contributed by atoms with Gasteiger partial charge in [-0.15, -0.1) is 0 Å². The number of halogens is 5. The van der Waals surface area contributed by atoms with Gasteiger partial charge in [0.2, 0.25) is 17.4 Å². The molecule has 1 fully saturated rings. The number of carbonyl (C=O) groups is 1. The topological polar surface area (TPSA) is 148 Å². The Bertz CT molecular complexity index is 1660. The molecular weight excluding hydrogens is 567 g/mol. The Labute approximate surface area is 234 Å². The van der Waals surface area contributed by atoms with Crippen LogP contribution in [0.1, 0.15) is 31.7 Å². The van der Waals surface area contributed by atoms with Gasteiger partial charge < -0.3 is 20.7 Å². The number of aliphatic hydroxyl groups excluding tert-OH is 1. The highest BCUT2D eigenvalue weighted by molar-refractivity contribution is 5.98. The molecule has 0 radical (unpaired) electrons. The van der Waals surface area contributed by atoms with Crippen molar-refractivity contribution in [2.45, 2.75) is 44.0 Å². The number of aromatic nitrogens is 4. The van der Waals surface area contributed by atoms with E-state index < -0.39 is 52.8 Å². The number of nitrogens with one attached hydrogen (secondary N) is 1. The lowest BCUT2D eigenvalue weighted by atomic mass is 9.91. The van der Waals surface area contributed by atoms with Crippen molar-refractivity contribution < 1.29 is 41.7 Å². The number of anilines is 1. The van der Waals surface area contributed by atoms with Gasteiger partial charge in [0.25, 0.3) is 0 Å². The zero-order valence-electron chi connectivity index (χ0n) is 21.6. The van der Waals surface area contributed by atoms with Gasteiger partial charge in [-0.3, -0.25) is 5.32 Å². The van der Waals surface area contributed by atoms with E-state index in [9.17, 15) is 27.5 Å². The maximum absolute atomic E-state index is 15.4. The van der Waals surface area contributed by atoms with Gasteiger partial charge in [-0.05, 0) is 43.9 Å². The van der Waals surface area contributed by atoms with E-state index in [4.69, 9.17) is 15.6 Å². The second-order valence-corrected chi connectivity index (χ2v) is 9.61. The van der Waals surface area contributed by atoms with Crippen molar-refractivity contribution in [2.24, 2.45) is 0 Å². The van der Waals surface area contributed by atoms with Crippen LogP contribution in [0, 0.1) is 29.1 Å². The number of nitrogen functional groups attached to an aromatic ring is 1. The van der Waals surface area contributed by atoms with Crippen molar-refractivity contribution in [3.8, 4) is 22.8 Å². The molecule has 10 nitrogen and oxygen atoms in total. The van der Waals surface area contributed by atoms with Crippen LogP contribution in [0.25, 0.3) is 22.3 Å². The van der Waals surface area contributed by atoms with Crippen molar-refractivity contribution in [1.82, 2.24) is 25.1 Å². The van der Waals surface area contributed by atoms with Gasteiger partial charge in [-0.1, -0.05) is 0 Å². The highest BCUT2D eigenvalue weighted by Gasteiger charge is 2.29. The average molecular weight is 591 g/mol. The van der Waals surface area contributed by atoms with Crippen molar-refractivity contribution >= 4 is 22.8 Å². The summed E-state index contributed by atoms with van der Waals surface area (Å²) < 4.78 is 77.1. The zero-order valence-corrected chi connectivity index (χ0v) is 21.6. The third-order valence-electron chi connectivity index (χ3n) is 6.88. The smallest absolute Gasteiger partial charge is 0.328 e. The summed E-state index contributed by atoms with van der Waals surface area (Å²) in [5.74, 6) is -10.8. The molecule has 1 atom stereocenters. The molecule has 15 heteroatoms. The van der Waals surface area contributed by atoms with Gasteiger partial charge in [0.1, 0.15) is 35.6 Å². The lowest BCUT2D eigenvalue weighted by Crippen LogP contribution is -2.40. The van der Waals surface area contributed by atoms with Crippen LogP contribution in [0.15, 0.2) is 42.7 Å². The summed E-state index contributed by atoms with van der Waals surface area (Å²) in [6.07, 6.45) is 4.48. The van der Waals surface area contributed by atoms with Crippen molar-refractivity contribution in [3.05, 3.63) is 71.8 Å². The lowest BCUT2D eigenvalue weighted by Gasteiger charge is -2.30. The van der Waals surface area contributed by atoms with E-state index in [0.29, 0.717) is 31.3 Å². The van der Waals surface area contributed by atoms with Gasteiger partial charge in [0.15, 0.2) is 17.3 Å². The number of carboxylic acid groups (broad SMARTS) is 1. The molecule has 220 valence electrons. The van der Waals surface area contributed by atoms with E-state index in [1.54, 1.807) is 4.68 Å². The van der Waals surface area contributed by atoms with Crippen LogP contribution in [0.3, 0.4) is 0 Å². The lowest BCUT2D eigenvalue weighted by molar-refractivity contribution is -0.131. The molecule has 4 aromatic rings. The third-order valence-corrected chi connectivity index (χ3v) is 6.88. The number of nitrogens with zero attached hydrogens (tertiary/aromatic N) is 4. The van der Waals surface area contributed by atoms with E-state index in [1.165, 1.54) is 12.4 Å². The first kappa shape index (κ1) is 28.9. The number of nitrogens with two attached hydrogens (primary N) is 1. The molecule has 2 aromatic heterocycles. The Hall–Kier alpha value is -4.63. The molecule has 2 aromatic carbocycles. The standard InChI is InChI=1S/C27H23F5N6O4/c28-16-9-14(42-25-22(31)17(29)10-18(30)23(25)32)5-6-15(16)24-21-26(33)34-11-35-27(21)38(37-24)13-3-1-12(2-4-13)36-19(39)7-8-20(40)41/h5-13,19,36,39H,1-4H2,(H,40,41)(H2,33,34,35)/b8-7+. The van der Waals surface area contributed by atoms with Crippen molar-refractivity contribution in [2.75, 3.05) is 5.73 Å². The summed E-state index contributed by atoms with van der Waals surface area (Å²) in [7, 11) is 0. The summed E-state index contributed by atoms with van der Waals surface area (Å²) in [6, 6.07) is 2.89. The maximum atomic E-state index is 15.4. The predicted molar refractivity (Wildman–Crippen MR) is 139 cm³/mol. The Morgan fingerprint density at radius 2 is 1.74 bits per heavy atom. The van der Waals surface area contributed by atoms with Crippen molar-refractivity contribution in [1.29, 1.82) is 0 Å². The van der Waals surface area contributed by atoms with E-state index >= 15 is 4.39 Å². The first-order valence-corrected chi connectivity index (χ1v) is 12.7. The maximum Gasteiger partial charge on any atom is 0.328 e. The molecule has 0 bridgehead atoms. The zero-order chi connectivity index (χ0) is 30.1. The van der Waals surface area contributed by atoms with E-state index in [0.717, 1.165) is 24.3 Å². The number of aliphatic carboxylic acids is 1. The Balaban J connectivity index is 1.41. The quantitative estimate of drug-likeness (QED) is 0.100. The average Bonchev–Trinajstić information content (AvgIpc) is 3.34. The van der Waals surface area contributed by atoms with Crippen LogP contribution in [-0.2, 0) is 4.79 Å². The van der Waals surface area contributed by atoms with Crippen LogP contribution in [0.2, 0.25) is 0 Å². The summed E-state index contributed by atoms with van der Waals surface area (Å²) in [5, 5.41) is 26.5. The Kier molecular flexibility index (Phi) is 8.04. The normalized spacial score (nSPS) is 18.0. The molecule has 1 aliphatic rings.